The molecule has 1 rings (SSSR count). The van der Waals surface area contributed by atoms with Crippen LogP contribution in [0.3, 0.4) is 0 Å². The van der Waals surface area contributed by atoms with E-state index < -0.39 is 6.04 Å². The van der Waals surface area contributed by atoms with Gasteiger partial charge in [0.15, 0.2) is 0 Å². The fourth-order valence-electron chi connectivity index (χ4n) is 2.22. The second-order valence-electron chi connectivity index (χ2n) is 4.54. The maximum absolute atomic E-state index is 11.5. The third kappa shape index (κ3) is 6.46. The van der Waals surface area contributed by atoms with Gasteiger partial charge in [-0.2, -0.15) is 0 Å². The molecule has 0 aliphatic heterocycles. The Kier molecular flexibility index (Phi) is 11.3. The Morgan fingerprint density at radius 2 is 1.82 bits per heavy atom. The van der Waals surface area contributed by atoms with Gasteiger partial charge in [-0.1, -0.05) is 19.3 Å². The molecule has 0 aromatic rings. The molecule has 1 amide bonds. The topological polar surface area (TPSA) is 81.1 Å². The summed E-state index contributed by atoms with van der Waals surface area (Å²) in [5.74, 6) is 0.461. The van der Waals surface area contributed by atoms with Crippen LogP contribution in [0.15, 0.2) is 0 Å². The van der Waals surface area contributed by atoms with Crippen LogP contribution in [-0.4, -0.2) is 24.5 Å². The summed E-state index contributed by atoms with van der Waals surface area (Å²) in [5.41, 5.74) is 11.2. The van der Waals surface area contributed by atoms with Crippen LogP contribution in [0.25, 0.3) is 0 Å². The van der Waals surface area contributed by atoms with Crippen molar-refractivity contribution in [2.45, 2.75) is 51.1 Å². The van der Waals surface area contributed by atoms with Gasteiger partial charge in [-0.3, -0.25) is 4.79 Å². The van der Waals surface area contributed by atoms with E-state index in [1.165, 1.54) is 32.1 Å². The second kappa shape index (κ2) is 9.95. The van der Waals surface area contributed by atoms with E-state index in [0.29, 0.717) is 12.5 Å². The van der Waals surface area contributed by atoms with E-state index in [2.05, 4.69) is 5.32 Å². The molecule has 0 spiro atoms. The molecule has 1 unspecified atom stereocenters. The highest BCUT2D eigenvalue weighted by Crippen LogP contribution is 2.26. The number of rotatable bonds is 4. The molecule has 0 radical (unpaired) electrons. The van der Waals surface area contributed by atoms with Crippen molar-refractivity contribution in [1.29, 1.82) is 0 Å². The predicted octanol–water partition coefficient (Wildman–Crippen LogP) is 1.20. The van der Waals surface area contributed by atoms with Crippen molar-refractivity contribution in [2.75, 3.05) is 6.54 Å². The van der Waals surface area contributed by atoms with Gasteiger partial charge in [-0.05, 0) is 25.7 Å². The second-order valence-corrected chi connectivity index (χ2v) is 4.54. The predicted molar refractivity (Wildman–Crippen MR) is 75.7 cm³/mol. The monoisotopic (exact) mass is 285 g/mol. The zero-order chi connectivity index (χ0) is 11.3. The lowest BCUT2D eigenvalue weighted by Gasteiger charge is -2.30. The van der Waals surface area contributed by atoms with Crippen molar-refractivity contribution in [2.24, 2.45) is 17.4 Å². The van der Waals surface area contributed by atoms with Crippen molar-refractivity contribution < 1.29 is 4.79 Å². The molecule has 1 fully saturated rings. The summed E-state index contributed by atoms with van der Waals surface area (Å²) >= 11 is 0. The first-order valence-corrected chi connectivity index (χ1v) is 5.91. The molecule has 1 aliphatic rings. The Hall–Kier alpha value is -0.0300. The normalized spacial score (nSPS) is 19.5. The Morgan fingerprint density at radius 3 is 2.24 bits per heavy atom. The number of nitrogens with one attached hydrogen (secondary N) is 1. The Labute approximate surface area is 116 Å². The molecule has 4 nitrogen and oxygen atoms in total. The zero-order valence-electron chi connectivity index (χ0n) is 10.4. The number of carbonyl (C=O) groups excluding carboxylic acids is 1. The van der Waals surface area contributed by atoms with Gasteiger partial charge in [0, 0.05) is 12.6 Å². The van der Waals surface area contributed by atoms with Crippen molar-refractivity contribution in [3.8, 4) is 0 Å². The number of amides is 1. The highest BCUT2D eigenvalue weighted by molar-refractivity contribution is 5.85. The van der Waals surface area contributed by atoms with E-state index in [4.69, 9.17) is 11.5 Å². The SMILES string of the molecule is C[C@@H](N)C(=O)NC(CN)C1CCCCC1.Cl.Cl. The minimum Gasteiger partial charge on any atom is -0.350 e. The van der Waals surface area contributed by atoms with Crippen LogP contribution in [0.2, 0.25) is 0 Å². The highest BCUT2D eigenvalue weighted by atomic mass is 35.5. The lowest BCUT2D eigenvalue weighted by molar-refractivity contribution is -0.123. The summed E-state index contributed by atoms with van der Waals surface area (Å²) < 4.78 is 0. The largest absolute Gasteiger partial charge is 0.350 e. The van der Waals surface area contributed by atoms with Crippen LogP contribution >= 0.6 is 24.8 Å². The van der Waals surface area contributed by atoms with E-state index in [9.17, 15) is 4.79 Å². The molecule has 0 bridgehead atoms. The molecule has 1 aliphatic carbocycles. The number of carbonyl (C=O) groups is 1. The van der Waals surface area contributed by atoms with Crippen LogP contribution in [0.4, 0.5) is 0 Å². The molecule has 0 aromatic carbocycles. The maximum Gasteiger partial charge on any atom is 0.236 e. The van der Waals surface area contributed by atoms with Crippen molar-refractivity contribution in [3.05, 3.63) is 0 Å². The minimum atomic E-state index is -0.442. The molecule has 0 heterocycles. The summed E-state index contributed by atoms with van der Waals surface area (Å²) in [7, 11) is 0. The molecule has 104 valence electrons. The quantitative estimate of drug-likeness (QED) is 0.726. The Bertz CT molecular complexity index is 209. The third-order valence-corrected chi connectivity index (χ3v) is 3.21. The average molecular weight is 286 g/mol. The molecular formula is C11H25Cl2N3O. The van der Waals surface area contributed by atoms with Crippen molar-refractivity contribution in [1.82, 2.24) is 5.32 Å². The van der Waals surface area contributed by atoms with E-state index >= 15 is 0 Å². The minimum absolute atomic E-state index is 0. The number of nitrogens with two attached hydrogens (primary N) is 2. The first-order valence-electron chi connectivity index (χ1n) is 5.91. The van der Waals surface area contributed by atoms with Crippen LogP contribution in [0.5, 0.6) is 0 Å². The van der Waals surface area contributed by atoms with Crippen molar-refractivity contribution in [3.63, 3.8) is 0 Å². The number of hydrogen-bond donors (Lipinski definition) is 3. The molecular weight excluding hydrogens is 261 g/mol. The maximum atomic E-state index is 11.5. The van der Waals surface area contributed by atoms with Crippen LogP contribution < -0.4 is 16.8 Å². The molecule has 2 atom stereocenters. The van der Waals surface area contributed by atoms with Crippen LogP contribution in [-0.2, 0) is 4.79 Å². The Morgan fingerprint density at radius 1 is 1.29 bits per heavy atom. The highest BCUT2D eigenvalue weighted by Gasteiger charge is 2.24. The summed E-state index contributed by atoms with van der Waals surface area (Å²) in [4.78, 5) is 11.5. The molecule has 17 heavy (non-hydrogen) atoms. The lowest BCUT2D eigenvalue weighted by Crippen LogP contribution is -2.50. The van der Waals surface area contributed by atoms with E-state index in [0.717, 1.165) is 0 Å². The fourth-order valence-corrected chi connectivity index (χ4v) is 2.22. The smallest absolute Gasteiger partial charge is 0.236 e. The van der Waals surface area contributed by atoms with Crippen LogP contribution in [0, 0.1) is 5.92 Å². The summed E-state index contributed by atoms with van der Waals surface area (Å²) in [5, 5.41) is 2.95. The van der Waals surface area contributed by atoms with Gasteiger partial charge in [0.1, 0.15) is 0 Å². The van der Waals surface area contributed by atoms with Gasteiger partial charge >= 0.3 is 0 Å². The summed E-state index contributed by atoms with van der Waals surface area (Å²) in [6.45, 7) is 2.22. The first kappa shape index (κ1) is 19.3. The van der Waals surface area contributed by atoms with E-state index in [1.54, 1.807) is 6.92 Å². The molecule has 1 saturated carbocycles. The van der Waals surface area contributed by atoms with Gasteiger partial charge in [0.05, 0.1) is 6.04 Å². The first-order chi connectivity index (χ1) is 7.15. The fraction of sp³-hybridized carbons (Fsp3) is 0.909. The molecule has 0 aromatic heterocycles. The van der Waals surface area contributed by atoms with Gasteiger partial charge in [0.2, 0.25) is 5.91 Å². The van der Waals surface area contributed by atoms with Gasteiger partial charge < -0.3 is 16.8 Å². The molecule has 5 N–H and O–H groups in total. The molecule has 0 saturated heterocycles. The number of hydrogen-bond acceptors (Lipinski definition) is 3. The van der Waals surface area contributed by atoms with Gasteiger partial charge in [-0.25, -0.2) is 0 Å². The van der Waals surface area contributed by atoms with Crippen molar-refractivity contribution >= 4 is 30.7 Å². The molecule has 6 heteroatoms. The third-order valence-electron chi connectivity index (χ3n) is 3.21. The lowest BCUT2D eigenvalue weighted by atomic mass is 9.84. The summed E-state index contributed by atoms with van der Waals surface area (Å²) in [6, 6.07) is -0.327. The van der Waals surface area contributed by atoms with Crippen LogP contribution in [0.1, 0.15) is 39.0 Å². The summed E-state index contributed by atoms with van der Waals surface area (Å²) in [6.07, 6.45) is 6.20. The Balaban J connectivity index is 0. The zero-order valence-corrected chi connectivity index (χ0v) is 12.0. The van der Waals surface area contributed by atoms with Gasteiger partial charge in [-0.15, -0.1) is 24.8 Å². The number of halogens is 2. The van der Waals surface area contributed by atoms with E-state index in [-0.39, 0.29) is 36.8 Å². The van der Waals surface area contributed by atoms with E-state index in [1.807, 2.05) is 0 Å². The standard InChI is InChI=1S/C11H23N3O.2ClH/c1-8(13)11(15)14-10(7-12)9-5-3-2-4-6-9;;/h8-10H,2-7,12-13H2,1H3,(H,14,15);2*1H/t8-,10?;;/m1../s1. The average Bonchev–Trinajstić information content (AvgIpc) is 2.26. The van der Waals surface area contributed by atoms with Gasteiger partial charge in [0.25, 0.3) is 0 Å².